The summed E-state index contributed by atoms with van der Waals surface area (Å²) >= 11 is 0. The SMILES string of the molecule is C[C@@H]1CCC[C@@H](C)N1C(=O)COC(=O)/C=C/c1ccco1. The van der Waals surface area contributed by atoms with Gasteiger partial charge in [0, 0.05) is 18.2 Å². The van der Waals surface area contributed by atoms with Crippen molar-refractivity contribution in [2.45, 2.75) is 45.2 Å². The van der Waals surface area contributed by atoms with Crippen molar-refractivity contribution < 1.29 is 18.7 Å². The van der Waals surface area contributed by atoms with E-state index < -0.39 is 5.97 Å². The molecule has 21 heavy (non-hydrogen) atoms. The molecule has 0 saturated carbocycles. The molecule has 1 aromatic rings. The first kappa shape index (κ1) is 15.4. The van der Waals surface area contributed by atoms with Crippen LogP contribution in [0.4, 0.5) is 0 Å². The van der Waals surface area contributed by atoms with Crippen LogP contribution in [0.3, 0.4) is 0 Å². The molecule has 0 spiro atoms. The van der Waals surface area contributed by atoms with Crippen molar-refractivity contribution in [1.29, 1.82) is 0 Å². The zero-order chi connectivity index (χ0) is 15.2. The maximum absolute atomic E-state index is 12.2. The fourth-order valence-corrected chi connectivity index (χ4v) is 2.70. The Balaban J connectivity index is 1.81. The summed E-state index contributed by atoms with van der Waals surface area (Å²) < 4.78 is 10.1. The molecule has 1 aliphatic heterocycles. The van der Waals surface area contributed by atoms with Crippen LogP contribution in [0.25, 0.3) is 6.08 Å². The van der Waals surface area contributed by atoms with Crippen molar-refractivity contribution >= 4 is 18.0 Å². The molecular weight excluding hydrogens is 270 g/mol. The highest BCUT2D eigenvalue weighted by atomic mass is 16.5. The van der Waals surface area contributed by atoms with Crippen molar-refractivity contribution in [2.75, 3.05) is 6.61 Å². The van der Waals surface area contributed by atoms with Gasteiger partial charge in [0.05, 0.1) is 6.26 Å². The Kier molecular flexibility index (Phi) is 5.20. The Morgan fingerprint density at radius 2 is 2.10 bits per heavy atom. The molecule has 0 aliphatic carbocycles. The van der Waals surface area contributed by atoms with E-state index in [-0.39, 0.29) is 24.6 Å². The standard InChI is InChI=1S/C16H21NO4/c1-12-5-3-6-13(2)17(12)15(18)11-21-16(19)9-8-14-7-4-10-20-14/h4,7-10,12-13H,3,5-6,11H2,1-2H3/b9-8+/t12-,13-/m1/s1. The fourth-order valence-electron chi connectivity index (χ4n) is 2.70. The molecule has 2 atom stereocenters. The largest absolute Gasteiger partial charge is 0.465 e. The van der Waals surface area contributed by atoms with Crippen LogP contribution in [0, 0.1) is 0 Å². The van der Waals surface area contributed by atoms with E-state index in [0.29, 0.717) is 5.76 Å². The van der Waals surface area contributed by atoms with Crippen molar-refractivity contribution in [3.05, 3.63) is 30.2 Å². The number of carbonyl (C=O) groups is 2. The monoisotopic (exact) mass is 291 g/mol. The van der Waals surface area contributed by atoms with Gasteiger partial charge in [-0.05, 0) is 51.3 Å². The zero-order valence-corrected chi connectivity index (χ0v) is 12.5. The molecule has 0 unspecified atom stereocenters. The number of esters is 1. The minimum Gasteiger partial charge on any atom is -0.465 e. The lowest BCUT2D eigenvalue weighted by atomic mass is 9.97. The van der Waals surface area contributed by atoms with Crippen LogP contribution < -0.4 is 0 Å². The maximum Gasteiger partial charge on any atom is 0.331 e. The summed E-state index contributed by atoms with van der Waals surface area (Å²) in [6, 6.07) is 3.87. The van der Waals surface area contributed by atoms with Crippen LogP contribution in [-0.2, 0) is 14.3 Å². The maximum atomic E-state index is 12.2. The lowest BCUT2D eigenvalue weighted by Crippen LogP contribution is -2.49. The quantitative estimate of drug-likeness (QED) is 0.632. The van der Waals surface area contributed by atoms with Gasteiger partial charge in [-0.3, -0.25) is 4.79 Å². The predicted octanol–water partition coefficient (Wildman–Crippen LogP) is 2.63. The molecule has 0 bridgehead atoms. The van der Waals surface area contributed by atoms with Gasteiger partial charge < -0.3 is 14.1 Å². The molecule has 1 amide bonds. The summed E-state index contributed by atoms with van der Waals surface area (Å²) in [7, 11) is 0. The van der Waals surface area contributed by atoms with E-state index in [1.807, 2.05) is 18.7 Å². The van der Waals surface area contributed by atoms with E-state index in [0.717, 1.165) is 19.3 Å². The number of rotatable bonds is 4. The van der Waals surface area contributed by atoms with Gasteiger partial charge in [-0.25, -0.2) is 4.79 Å². The highest BCUT2D eigenvalue weighted by Crippen LogP contribution is 2.22. The van der Waals surface area contributed by atoms with Gasteiger partial charge >= 0.3 is 5.97 Å². The molecule has 0 aromatic carbocycles. The van der Waals surface area contributed by atoms with Gasteiger partial charge in [0.1, 0.15) is 5.76 Å². The van der Waals surface area contributed by atoms with Crippen LogP contribution in [0.5, 0.6) is 0 Å². The van der Waals surface area contributed by atoms with Gasteiger partial charge in [0.15, 0.2) is 6.61 Å². The van der Waals surface area contributed by atoms with Gasteiger partial charge in [0.2, 0.25) is 0 Å². The van der Waals surface area contributed by atoms with Gasteiger partial charge in [-0.2, -0.15) is 0 Å². The average molecular weight is 291 g/mol. The second-order valence-electron chi connectivity index (χ2n) is 5.39. The zero-order valence-electron chi connectivity index (χ0n) is 12.5. The van der Waals surface area contributed by atoms with Gasteiger partial charge in [-0.15, -0.1) is 0 Å². The number of ether oxygens (including phenoxy) is 1. The van der Waals surface area contributed by atoms with E-state index in [9.17, 15) is 9.59 Å². The van der Waals surface area contributed by atoms with Crippen molar-refractivity contribution in [2.24, 2.45) is 0 Å². The van der Waals surface area contributed by atoms with E-state index in [4.69, 9.17) is 9.15 Å². The van der Waals surface area contributed by atoms with Crippen molar-refractivity contribution in [3.63, 3.8) is 0 Å². The predicted molar refractivity (Wildman–Crippen MR) is 78.3 cm³/mol. The van der Waals surface area contributed by atoms with E-state index in [1.165, 1.54) is 18.4 Å². The second-order valence-corrected chi connectivity index (χ2v) is 5.39. The van der Waals surface area contributed by atoms with Crippen molar-refractivity contribution in [3.8, 4) is 0 Å². The van der Waals surface area contributed by atoms with Crippen LogP contribution in [0.2, 0.25) is 0 Å². The fraction of sp³-hybridized carbons (Fsp3) is 0.500. The van der Waals surface area contributed by atoms with E-state index in [2.05, 4.69) is 0 Å². The molecule has 2 heterocycles. The van der Waals surface area contributed by atoms with E-state index >= 15 is 0 Å². The third kappa shape index (κ3) is 4.21. The Hall–Kier alpha value is -2.04. The Morgan fingerprint density at radius 3 is 2.71 bits per heavy atom. The Bertz CT molecular complexity index is 496. The topological polar surface area (TPSA) is 59.8 Å². The third-order valence-corrected chi connectivity index (χ3v) is 3.75. The highest BCUT2D eigenvalue weighted by Gasteiger charge is 2.29. The number of carbonyl (C=O) groups excluding carboxylic acids is 2. The number of amides is 1. The number of furan rings is 1. The number of piperidine rings is 1. The summed E-state index contributed by atoms with van der Waals surface area (Å²) in [5, 5.41) is 0. The summed E-state index contributed by atoms with van der Waals surface area (Å²) in [6.07, 6.45) is 7.43. The Labute approximate surface area is 124 Å². The summed E-state index contributed by atoms with van der Waals surface area (Å²) in [5.41, 5.74) is 0. The van der Waals surface area contributed by atoms with Crippen LogP contribution in [0.15, 0.2) is 28.9 Å². The molecule has 0 radical (unpaired) electrons. The first-order chi connectivity index (χ1) is 10.1. The molecule has 1 fully saturated rings. The van der Waals surface area contributed by atoms with Crippen LogP contribution >= 0.6 is 0 Å². The second kappa shape index (κ2) is 7.11. The molecule has 5 nitrogen and oxygen atoms in total. The normalized spacial score (nSPS) is 22.5. The lowest BCUT2D eigenvalue weighted by molar-refractivity contribution is -0.151. The first-order valence-electron chi connectivity index (χ1n) is 7.27. The summed E-state index contributed by atoms with van der Waals surface area (Å²) in [6.45, 7) is 3.86. The van der Waals surface area contributed by atoms with E-state index in [1.54, 1.807) is 12.1 Å². The first-order valence-corrected chi connectivity index (χ1v) is 7.27. The number of hydrogen-bond acceptors (Lipinski definition) is 4. The van der Waals surface area contributed by atoms with Gasteiger partial charge in [-0.1, -0.05) is 0 Å². The molecule has 1 saturated heterocycles. The molecule has 0 N–H and O–H groups in total. The smallest absolute Gasteiger partial charge is 0.331 e. The average Bonchev–Trinajstić information content (AvgIpc) is 2.96. The van der Waals surface area contributed by atoms with Crippen molar-refractivity contribution in [1.82, 2.24) is 4.90 Å². The Morgan fingerprint density at radius 1 is 1.38 bits per heavy atom. The van der Waals surface area contributed by atoms with Gasteiger partial charge in [0.25, 0.3) is 5.91 Å². The summed E-state index contributed by atoms with van der Waals surface area (Å²) in [5.74, 6) is -0.108. The number of hydrogen-bond donors (Lipinski definition) is 0. The number of likely N-dealkylation sites (tertiary alicyclic amines) is 1. The molecule has 2 rings (SSSR count). The minimum absolute atomic E-state index is 0.130. The molecule has 1 aromatic heterocycles. The van der Waals surface area contributed by atoms with Crippen LogP contribution in [0.1, 0.15) is 38.9 Å². The highest BCUT2D eigenvalue weighted by molar-refractivity contribution is 5.89. The lowest BCUT2D eigenvalue weighted by Gasteiger charge is -2.38. The third-order valence-electron chi connectivity index (χ3n) is 3.75. The molecule has 114 valence electrons. The van der Waals surface area contributed by atoms with Crippen LogP contribution in [-0.4, -0.2) is 35.5 Å². The minimum atomic E-state index is -0.544. The summed E-state index contributed by atoms with van der Waals surface area (Å²) in [4.78, 5) is 25.6. The molecular formula is C16H21NO4. The molecule has 5 heteroatoms. The molecule has 1 aliphatic rings. The number of nitrogens with zero attached hydrogens (tertiary/aromatic N) is 1.